The van der Waals surface area contributed by atoms with Crippen LogP contribution >= 0.6 is 11.6 Å². The molecule has 0 saturated carbocycles. The molecular formula is C22H26ClN3O3. The third-order valence-corrected chi connectivity index (χ3v) is 5.95. The first-order chi connectivity index (χ1) is 14.3. The van der Waals surface area contributed by atoms with Crippen molar-refractivity contribution in [2.45, 2.75) is 6.42 Å². The average molecular weight is 416 g/mol. The molecule has 0 unspecified atom stereocenters. The number of hydrogen-bond acceptors (Lipinski definition) is 6. The van der Waals surface area contributed by atoms with E-state index in [0.29, 0.717) is 18.2 Å². The zero-order valence-electron chi connectivity index (χ0n) is 16.5. The highest BCUT2D eigenvalue weighted by molar-refractivity contribution is 6.31. The summed E-state index contributed by atoms with van der Waals surface area (Å²) >= 11 is 6.31. The molecule has 1 saturated heterocycles. The highest BCUT2D eigenvalue weighted by atomic mass is 35.5. The zero-order valence-corrected chi connectivity index (χ0v) is 17.2. The second kappa shape index (κ2) is 8.20. The van der Waals surface area contributed by atoms with Gasteiger partial charge in [-0.2, -0.15) is 0 Å². The average Bonchev–Trinajstić information content (AvgIpc) is 2.77. The van der Waals surface area contributed by atoms with Crippen molar-refractivity contribution in [1.82, 2.24) is 4.90 Å². The van der Waals surface area contributed by atoms with E-state index in [-0.39, 0.29) is 0 Å². The Morgan fingerprint density at radius 2 is 1.72 bits per heavy atom. The first kappa shape index (κ1) is 18.7. The van der Waals surface area contributed by atoms with Crippen LogP contribution in [-0.4, -0.2) is 64.0 Å². The van der Waals surface area contributed by atoms with Crippen molar-refractivity contribution < 1.29 is 14.2 Å². The van der Waals surface area contributed by atoms with Gasteiger partial charge in [-0.1, -0.05) is 17.7 Å². The lowest BCUT2D eigenvalue weighted by Crippen LogP contribution is -2.47. The Labute approximate surface area is 176 Å². The van der Waals surface area contributed by atoms with Crippen LogP contribution in [-0.2, 0) is 6.42 Å². The topological polar surface area (TPSA) is 46.2 Å². The van der Waals surface area contributed by atoms with Gasteiger partial charge in [-0.25, -0.2) is 0 Å². The number of hydrogen-bond donors (Lipinski definition) is 1. The Morgan fingerprint density at radius 1 is 0.897 bits per heavy atom. The second-order valence-electron chi connectivity index (χ2n) is 7.63. The van der Waals surface area contributed by atoms with Crippen molar-refractivity contribution in [3.8, 4) is 17.2 Å². The minimum atomic E-state index is 0.574. The van der Waals surface area contributed by atoms with Gasteiger partial charge < -0.3 is 24.4 Å². The van der Waals surface area contributed by atoms with Gasteiger partial charge >= 0.3 is 0 Å². The van der Waals surface area contributed by atoms with Gasteiger partial charge in [-0.05, 0) is 30.2 Å². The fourth-order valence-corrected chi connectivity index (χ4v) is 4.38. The van der Waals surface area contributed by atoms with Crippen molar-refractivity contribution in [2.24, 2.45) is 0 Å². The van der Waals surface area contributed by atoms with Crippen LogP contribution in [0, 0.1) is 0 Å². The van der Waals surface area contributed by atoms with Crippen LogP contribution in [0.2, 0.25) is 5.02 Å². The van der Waals surface area contributed by atoms with Crippen LogP contribution in [0.1, 0.15) is 5.56 Å². The Kier molecular flexibility index (Phi) is 5.29. The minimum Gasteiger partial charge on any atom is -0.490 e. The maximum Gasteiger partial charge on any atom is 0.184 e. The predicted octanol–water partition coefficient (Wildman–Crippen LogP) is 3.28. The van der Waals surface area contributed by atoms with Gasteiger partial charge in [0.05, 0.1) is 11.4 Å². The predicted molar refractivity (Wildman–Crippen MR) is 115 cm³/mol. The largest absolute Gasteiger partial charge is 0.490 e. The summed E-state index contributed by atoms with van der Waals surface area (Å²) in [6.45, 7) is 7.78. The summed E-state index contributed by atoms with van der Waals surface area (Å²) in [6, 6.07) is 10.3. The normalized spacial score (nSPS) is 18.6. The molecule has 1 fully saturated rings. The highest BCUT2D eigenvalue weighted by Gasteiger charge is 2.24. The summed E-state index contributed by atoms with van der Waals surface area (Å²) in [5.41, 5.74) is 3.51. The molecule has 3 aliphatic heterocycles. The molecule has 7 heteroatoms. The Bertz CT molecular complexity index is 884. The van der Waals surface area contributed by atoms with E-state index in [4.69, 9.17) is 25.8 Å². The number of rotatable bonds is 4. The first-order valence-electron chi connectivity index (χ1n) is 10.3. The molecule has 0 aliphatic carbocycles. The number of anilines is 2. The van der Waals surface area contributed by atoms with Crippen LogP contribution in [0.15, 0.2) is 30.3 Å². The molecule has 6 nitrogen and oxygen atoms in total. The van der Waals surface area contributed by atoms with Crippen LogP contribution in [0.5, 0.6) is 17.2 Å². The van der Waals surface area contributed by atoms with E-state index in [1.54, 1.807) is 0 Å². The summed E-state index contributed by atoms with van der Waals surface area (Å²) in [7, 11) is 0. The molecule has 0 spiro atoms. The van der Waals surface area contributed by atoms with Crippen LogP contribution < -0.4 is 24.4 Å². The molecule has 3 heterocycles. The number of piperazine rings is 1. The maximum absolute atomic E-state index is 6.31. The Hall–Kier alpha value is -2.31. The Morgan fingerprint density at radius 3 is 2.62 bits per heavy atom. The monoisotopic (exact) mass is 415 g/mol. The molecule has 154 valence electrons. The molecule has 3 aliphatic rings. The van der Waals surface area contributed by atoms with E-state index >= 15 is 0 Å². The molecule has 2 aromatic rings. The van der Waals surface area contributed by atoms with Crippen molar-refractivity contribution in [3.63, 3.8) is 0 Å². The lowest BCUT2D eigenvalue weighted by Gasteiger charge is -2.37. The van der Waals surface area contributed by atoms with E-state index in [1.165, 1.54) is 5.56 Å². The van der Waals surface area contributed by atoms with Crippen molar-refractivity contribution >= 4 is 23.0 Å². The van der Waals surface area contributed by atoms with Gasteiger partial charge in [-0.3, -0.25) is 4.90 Å². The van der Waals surface area contributed by atoms with E-state index in [9.17, 15) is 0 Å². The molecule has 0 radical (unpaired) electrons. The van der Waals surface area contributed by atoms with Crippen LogP contribution in [0.3, 0.4) is 0 Å². The minimum absolute atomic E-state index is 0.574. The fraction of sp³-hybridized carbons (Fsp3) is 0.455. The number of benzene rings is 2. The molecule has 0 bridgehead atoms. The van der Waals surface area contributed by atoms with E-state index in [2.05, 4.69) is 33.3 Å². The molecule has 5 rings (SSSR count). The summed E-state index contributed by atoms with van der Waals surface area (Å²) in [4.78, 5) is 4.88. The third kappa shape index (κ3) is 4.05. The molecular weight excluding hydrogens is 390 g/mol. The smallest absolute Gasteiger partial charge is 0.184 e. The standard InChI is InChI=1S/C22H26ClN3O3/c23-17-14-19(22-21(15-17)28-11-12-29-22)26-8-6-25(7-9-26)5-3-16-1-2-20-18(13-16)24-4-10-27-20/h1-2,13-15,24H,3-12H2. The molecule has 29 heavy (non-hydrogen) atoms. The number of fused-ring (bicyclic) bond motifs is 2. The highest BCUT2D eigenvalue weighted by Crippen LogP contribution is 2.42. The van der Waals surface area contributed by atoms with E-state index in [0.717, 1.165) is 80.9 Å². The van der Waals surface area contributed by atoms with E-state index in [1.807, 2.05) is 12.1 Å². The summed E-state index contributed by atoms with van der Waals surface area (Å²) in [5.74, 6) is 2.55. The summed E-state index contributed by atoms with van der Waals surface area (Å²) in [6.07, 6.45) is 1.04. The van der Waals surface area contributed by atoms with Gasteiger partial charge in [-0.15, -0.1) is 0 Å². The van der Waals surface area contributed by atoms with Crippen molar-refractivity contribution in [3.05, 3.63) is 40.9 Å². The fourth-order valence-electron chi connectivity index (χ4n) is 4.18. The number of halogens is 1. The molecule has 2 aromatic carbocycles. The van der Waals surface area contributed by atoms with Gasteiger partial charge in [0.2, 0.25) is 0 Å². The SMILES string of the molecule is Clc1cc2c(c(N3CCN(CCc4ccc5c(c4)NCCO5)CC3)c1)OCCO2. The van der Waals surface area contributed by atoms with Gasteiger partial charge in [0.15, 0.2) is 11.5 Å². The maximum atomic E-state index is 6.31. The molecule has 0 atom stereocenters. The molecule has 1 N–H and O–H groups in total. The lowest BCUT2D eigenvalue weighted by molar-refractivity contribution is 0.171. The number of ether oxygens (including phenoxy) is 3. The summed E-state index contributed by atoms with van der Waals surface area (Å²) in [5, 5.41) is 4.11. The quantitative estimate of drug-likeness (QED) is 0.826. The van der Waals surface area contributed by atoms with Gasteiger partial charge in [0.25, 0.3) is 0 Å². The molecule has 0 amide bonds. The van der Waals surface area contributed by atoms with Crippen molar-refractivity contribution in [1.29, 1.82) is 0 Å². The second-order valence-corrected chi connectivity index (χ2v) is 8.07. The van der Waals surface area contributed by atoms with E-state index < -0.39 is 0 Å². The van der Waals surface area contributed by atoms with Crippen LogP contribution in [0.4, 0.5) is 11.4 Å². The van der Waals surface area contributed by atoms with Crippen LogP contribution in [0.25, 0.3) is 0 Å². The Balaban J connectivity index is 1.19. The zero-order chi connectivity index (χ0) is 19.6. The van der Waals surface area contributed by atoms with Gasteiger partial charge in [0, 0.05) is 50.4 Å². The number of nitrogens with zero attached hydrogens (tertiary/aromatic N) is 2. The first-order valence-corrected chi connectivity index (χ1v) is 10.7. The van der Waals surface area contributed by atoms with Gasteiger partial charge in [0.1, 0.15) is 25.6 Å². The number of nitrogens with one attached hydrogen (secondary N) is 1. The third-order valence-electron chi connectivity index (χ3n) is 5.74. The van der Waals surface area contributed by atoms with Crippen molar-refractivity contribution in [2.75, 3.05) is 69.3 Å². The summed E-state index contributed by atoms with van der Waals surface area (Å²) < 4.78 is 17.3. The lowest BCUT2D eigenvalue weighted by atomic mass is 10.1. The molecule has 0 aromatic heterocycles.